The van der Waals surface area contributed by atoms with Crippen LogP contribution in [0.1, 0.15) is 31.4 Å². The number of benzene rings is 1. The summed E-state index contributed by atoms with van der Waals surface area (Å²) in [7, 11) is 1.70. The molecular weight excluding hydrogens is 388 g/mol. The number of methoxy groups -OCH3 is 1. The van der Waals surface area contributed by atoms with Crippen molar-refractivity contribution in [2.45, 2.75) is 38.3 Å². The molecule has 0 bridgehead atoms. The van der Waals surface area contributed by atoms with Crippen LogP contribution >= 0.6 is 0 Å². The van der Waals surface area contributed by atoms with Crippen molar-refractivity contribution in [3.8, 4) is 5.75 Å². The number of pyridine rings is 1. The Labute approximate surface area is 184 Å². The monoisotopic (exact) mass is 420 g/mol. The molecule has 4 heterocycles. The smallest absolute Gasteiger partial charge is 0.230 e. The fraction of sp³-hybridized carbons (Fsp3) is 0.520. The van der Waals surface area contributed by atoms with Crippen molar-refractivity contribution >= 4 is 11.6 Å². The Balaban J connectivity index is 1.16. The van der Waals surface area contributed by atoms with Crippen LogP contribution in [-0.4, -0.2) is 66.6 Å². The largest absolute Gasteiger partial charge is 0.497 e. The lowest BCUT2D eigenvalue weighted by Crippen LogP contribution is -2.45. The fourth-order valence-corrected chi connectivity index (χ4v) is 5.61. The van der Waals surface area contributed by atoms with Crippen LogP contribution in [0, 0.1) is 5.41 Å². The van der Waals surface area contributed by atoms with Gasteiger partial charge in [0.1, 0.15) is 5.75 Å². The molecule has 5 rings (SSSR count). The van der Waals surface area contributed by atoms with Crippen LogP contribution < -0.4 is 9.64 Å². The first-order chi connectivity index (χ1) is 15.2. The van der Waals surface area contributed by atoms with Crippen LogP contribution in [0.3, 0.4) is 0 Å². The van der Waals surface area contributed by atoms with Crippen LogP contribution in [0.25, 0.3) is 0 Å². The summed E-state index contributed by atoms with van der Waals surface area (Å²) in [5.74, 6) is 1.25. The standard InChI is InChI=1S/C25H32N4O2/c1-31-23-7-5-21(6-8-23)27-14-9-22(10-15-27)29-17-12-25(19-29)11-16-28(24(25)30)18-20-4-2-3-13-26-20/h2-8,13,22H,9-12,14-19H2,1H3. The highest BCUT2D eigenvalue weighted by atomic mass is 16.5. The lowest BCUT2D eigenvalue weighted by molar-refractivity contribution is -0.136. The van der Waals surface area contributed by atoms with E-state index in [2.05, 4.69) is 26.9 Å². The molecule has 1 unspecified atom stereocenters. The number of aromatic nitrogens is 1. The van der Waals surface area contributed by atoms with Gasteiger partial charge in [0, 0.05) is 44.1 Å². The van der Waals surface area contributed by atoms with E-state index in [4.69, 9.17) is 4.74 Å². The summed E-state index contributed by atoms with van der Waals surface area (Å²) in [5, 5.41) is 0. The molecule has 6 nitrogen and oxygen atoms in total. The van der Waals surface area contributed by atoms with E-state index in [-0.39, 0.29) is 5.41 Å². The number of anilines is 1. The Bertz CT molecular complexity index is 895. The summed E-state index contributed by atoms with van der Waals surface area (Å²) in [6.07, 6.45) is 6.12. The highest BCUT2D eigenvalue weighted by molar-refractivity contribution is 5.85. The van der Waals surface area contributed by atoms with E-state index in [0.29, 0.717) is 18.5 Å². The lowest BCUT2D eigenvalue weighted by atomic mass is 9.85. The summed E-state index contributed by atoms with van der Waals surface area (Å²) in [6.45, 7) is 5.62. The molecule has 0 aliphatic carbocycles. The molecule has 0 radical (unpaired) electrons. The predicted molar refractivity (Wildman–Crippen MR) is 121 cm³/mol. The van der Waals surface area contributed by atoms with E-state index in [0.717, 1.165) is 69.9 Å². The van der Waals surface area contributed by atoms with Crippen molar-refractivity contribution in [2.75, 3.05) is 44.7 Å². The third kappa shape index (κ3) is 4.01. The van der Waals surface area contributed by atoms with Crippen molar-refractivity contribution in [1.82, 2.24) is 14.8 Å². The zero-order valence-electron chi connectivity index (χ0n) is 18.4. The van der Waals surface area contributed by atoms with Crippen molar-refractivity contribution in [3.63, 3.8) is 0 Å². The summed E-state index contributed by atoms with van der Waals surface area (Å²) in [4.78, 5) is 24.8. The Kier molecular flexibility index (Phi) is 5.57. The summed E-state index contributed by atoms with van der Waals surface area (Å²) < 4.78 is 5.28. The third-order valence-electron chi connectivity index (χ3n) is 7.48. The topological polar surface area (TPSA) is 48.9 Å². The molecule has 3 aliphatic heterocycles. The first-order valence-corrected chi connectivity index (χ1v) is 11.5. The molecule has 3 aliphatic rings. The van der Waals surface area contributed by atoms with Crippen LogP contribution in [-0.2, 0) is 11.3 Å². The van der Waals surface area contributed by atoms with Crippen molar-refractivity contribution in [1.29, 1.82) is 0 Å². The quantitative estimate of drug-likeness (QED) is 0.744. The number of piperidine rings is 1. The Morgan fingerprint density at radius 3 is 2.52 bits per heavy atom. The van der Waals surface area contributed by atoms with Gasteiger partial charge in [-0.3, -0.25) is 14.7 Å². The van der Waals surface area contributed by atoms with Crippen molar-refractivity contribution in [3.05, 3.63) is 54.4 Å². The van der Waals surface area contributed by atoms with Gasteiger partial charge in [-0.25, -0.2) is 0 Å². The molecule has 1 aromatic heterocycles. The van der Waals surface area contributed by atoms with Crippen LogP contribution in [0.5, 0.6) is 5.75 Å². The Morgan fingerprint density at radius 1 is 1.03 bits per heavy atom. The molecule has 31 heavy (non-hydrogen) atoms. The molecule has 0 saturated carbocycles. The van der Waals surface area contributed by atoms with Crippen molar-refractivity contribution in [2.24, 2.45) is 5.41 Å². The maximum atomic E-state index is 13.3. The molecule has 6 heteroatoms. The number of ether oxygens (including phenoxy) is 1. The molecule has 0 N–H and O–H groups in total. The minimum Gasteiger partial charge on any atom is -0.497 e. The van der Waals surface area contributed by atoms with Crippen molar-refractivity contribution < 1.29 is 9.53 Å². The molecular formula is C25H32N4O2. The van der Waals surface area contributed by atoms with E-state index in [1.54, 1.807) is 13.3 Å². The van der Waals surface area contributed by atoms with Gasteiger partial charge in [0.15, 0.2) is 0 Å². The number of hydrogen-bond donors (Lipinski definition) is 0. The molecule has 1 spiro atoms. The average molecular weight is 421 g/mol. The molecule has 164 valence electrons. The first-order valence-electron chi connectivity index (χ1n) is 11.5. The number of carbonyl (C=O) groups is 1. The highest BCUT2D eigenvalue weighted by Crippen LogP contribution is 2.42. The minimum atomic E-state index is -0.165. The second-order valence-corrected chi connectivity index (χ2v) is 9.21. The molecule has 1 aromatic carbocycles. The predicted octanol–water partition coefficient (Wildman–Crippen LogP) is 3.18. The van der Waals surface area contributed by atoms with Crippen LogP contribution in [0.2, 0.25) is 0 Å². The highest BCUT2D eigenvalue weighted by Gasteiger charge is 2.51. The maximum absolute atomic E-state index is 13.3. The molecule has 1 amide bonds. The van der Waals surface area contributed by atoms with Gasteiger partial charge in [-0.1, -0.05) is 6.07 Å². The first kappa shape index (κ1) is 20.3. The number of hydrogen-bond acceptors (Lipinski definition) is 5. The van der Waals surface area contributed by atoms with Gasteiger partial charge in [-0.15, -0.1) is 0 Å². The fourth-order valence-electron chi connectivity index (χ4n) is 5.61. The van der Waals surface area contributed by atoms with E-state index in [1.807, 2.05) is 35.2 Å². The number of nitrogens with zero attached hydrogens (tertiary/aromatic N) is 4. The number of rotatable bonds is 5. The molecule has 1 atom stereocenters. The minimum absolute atomic E-state index is 0.165. The Morgan fingerprint density at radius 2 is 1.81 bits per heavy atom. The van der Waals surface area contributed by atoms with Gasteiger partial charge < -0.3 is 14.5 Å². The zero-order chi connectivity index (χ0) is 21.3. The SMILES string of the molecule is COc1ccc(N2CCC(N3CCC4(CCN(Cc5ccccn5)C4=O)C3)CC2)cc1. The van der Waals surface area contributed by atoms with Gasteiger partial charge in [0.25, 0.3) is 0 Å². The van der Waals surface area contributed by atoms with Gasteiger partial charge in [0.2, 0.25) is 5.91 Å². The Hall–Kier alpha value is -2.60. The number of likely N-dealkylation sites (tertiary alicyclic amines) is 2. The van der Waals surface area contributed by atoms with Crippen LogP contribution in [0.15, 0.2) is 48.7 Å². The summed E-state index contributed by atoms with van der Waals surface area (Å²) in [5.41, 5.74) is 2.09. The lowest BCUT2D eigenvalue weighted by Gasteiger charge is -2.38. The van der Waals surface area contributed by atoms with E-state index in [9.17, 15) is 4.79 Å². The molecule has 2 aromatic rings. The molecule has 3 fully saturated rings. The van der Waals surface area contributed by atoms with Gasteiger partial charge in [0.05, 0.1) is 24.8 Å². The molecule has 3 saturated heterocycles. The second kappa shape index (κ2) is 8.50. The average Bonchev–Trinajstić information content (AvgIpc) is 3.40. The number of carbonyl (C=O) groups excluding carboxylic acids is 1. The van der Waals surface area contributed by atoms with E-state index in [1.165, 1.54) is 5.69 Å². The van der Waals surface area contributed by atoms with Gasteiger partial charge in [-0.05, 0) is 68.6 Å². The summed E-state index contributed by atoms with van der Waals surface area (Å²) >= 11 is 0. The normalized spacial score (nSPS) is 25.0. The zero-order valence-corrected chi connectivity index (χ0v) is 18.4. The van der Waals surface area contributed by atoms with E-state index < -0.39 is 0 Å². The van der Waals surface area contributed by atoms with Gasteiger partial charge in [-0.2, -0.15) is 0 Å². The third-order valence-corrected chi connectivity index (χ3v) is 7.48. The van der Waals surface area contributed by atoms with E-state index >= 15 is 0 Å². The summed E-state index contributed by atoms with van der Waals surface area (Å²) in [6, 6.07) is 14.9. The second-order valence-electron chi connectivity index (χ2n) is 9.21. The maximum Gasteiger partial charge on any atom is 0.230 e. The van der Waals surface area contributed by atoms with Crippen LogP contribution in [0.4, 0.5) is 5.69 Å². The van der Waals surface area contributed by atoms with Gasteiger partial charge >= 0.3 is 0 Å². The number of amides is 1.